The number of tetrazole rings is 1. The Morgan fingerprint density at radius 1 is 1.48 bits per heavy atom. The minimum Gasteiger partial charge on any atom is -0.481 e. The summed E-state index contributed by atoms with van der Waals surface area (Å²) in [6.45, 7) is 0.199. The number of ether oxygens (including phenoxy) is 1. The number of benzene rings is 1. The van der Waals surface area contributed by atoms with Crippen molar-refractivity contribution in [3.63, 3.8) is 0 Å². The molecule has 0 aliphatic carbocycles. The first kappa shape index (κ1) is 15.7. The number of aromatic nitrogens is 4. The topological polar surface area (TPSA) is 90.1 Å². The zero-order valence-electron chi connectivity index (χ0n) is 11.0. The maximum atomic E-state index is 10.8. The van der Waals surface area contributed by atoms with Crippen molar-refractivity contribution in [3.8, 4) is 11.4 Å². The van der Waals surface area contributed by atoms with Crippen LogP contribution in [0.2, 0.25) is 10.0 Å². The van der Waals surface area contributed by atoms with E-state index < -0.39 is 12.1 Å². The average molecular weight is 331 g/mol. The van der Waals surface area contributed by atoms with Gasteiger partial charge in [-0.3, -0.25) is 4.79 Å². The van der Waals surface area contributed by atoms with E-state index in [2.05, 4.69) is 15.5 Å². The first-order valence-electron chi connectivity index (χ1n) is 5.97. The zero-order chi connectivity index (χ0) is 15.4. The highest BCUT2D eigenvalue weighted by atomic mass is 35.5. The molecule has 0 fully saturated rings. The molecule has 0 saturated carbocycles. The third-order valence-electron chi connectivity index (χ3n) is 2.82. The summed E-state index contributed by atoms with van der Waals surface area (Å²) >= 11 is 12.0. The van der Waals surface area contributed by atoms with Gasteiger partial charge in [0.1, 0.15) is 0 Å². The van der Waals surface area contributed by atoms with Gasteiger partial charge in [-0.25, -0.2) is 4.68 Å². The Labute approximate surface area is 130 Å². The fourth-order valence-electron chi connectivity index (χ4n) is 1.80. The molecule has 21 heavy (non-hydrogen) atoms. The number of halogens is 2. The summed E-state index contributed by atoms with van der Waals surface area (Å²) in [5, 5.41) is 21.1. The average Bonchev–Trinajstić information content (AvgIpc) is 2.85. The van der Waals surface area contributed by atoms with Crippen molar-refractivity contribution >= 4 is 29.2 Å². The molecule has 2 aromatic rings. The Kier molecular flexibility index (Phi) is 5.11. The van der Waals surface area contributed by atoms with Crippen molar-refractivity contribution in [2.45, 2.75) is 19.1 Å². The fraction of sp³-hybridized carbons (Fsp3) is 0.333. The van der Waals surface area contributed by atoms with Crippen molar-refractivity contribution < 1.29 is 14.6 Å². The Morgan fingerprint density at radius 2 is 2.24 bits per heavy atom. The third kappa shape index (κ3) is 3.90. The summed E-state index contributed by atoms with van der Waals surface area (Å²) in [6, 6.07) is 4.96. The molecule has 0 saturated heterocycles. The number of methoxy groups -OCH3 is 1. The molecule has 112 valence electrons. The van der Waals surface area contributed by atoms with E-state index in [4.69, 9.17) is 33.0 Å². The summed E-state index contributed by atoms with van der Waals surface area (Å²) in [7, 11) is 1.44. The lowest BCUT2D eigenvalue weighted by molar-refractivity contribution is -0.139. The number of aliphatic carboxylic acids is 1. The van der Waals surface area contributed by atoms with Crippen LogP contribution in [0.3, 0.4) is 0 Å². The largest absolute Gasteiger partial charge is 0.481 e. The maximum Gasteiger partial charge on any atom is 0.306 e. The molecule has 1 heterocycles. The summed E-state index contributed by atoms with van der Waals surface area (Å²) in [4.78, 5) is 10.8. The lowest BCUT2D eigenvalue weighted by Crippen LogP contribution is -2.23. The van der Waals surface area contributed by atoms with Gasteiger partial charge in [-0.2, -0.15) is 0 Å². The minimum absolute atomic E-state index is 0.149. The number of hydrogen-bond acceptors (Lipinski definition) is 5. The third-order valence-corrected chi connectivity index (χ3v) is 3.36. The van der Waals surface area contributed by atoms with E-state index >= 15 is 0 Å². The SMILES string of the molecule is COC(CC(=O)O)Cn1nnnc1-c1ccc(Cl)cc1Cl. The molecule has 1 unspecified atom stereocenters. The summed E-state index contributed by atoms with van der Waals surface area (Å²) in [6.07, 6.45) is -0.694. The summed E-state index contributed by atoms with van der Waals surface area (Å²) < 4.78 is 6.57. The van der Waals surface area contributed by atoms with E-state index in [1.54, 1.807) is 18.2 Å². The van der Waals surface area contributed by atoms with Gasteiger partial charge >= 0.3 is 5.97 Å². The first-order chi connectivity index (χ1) is 10.0. The van der Waals surface area contributed by atoms with E-state index in [1.165, 1.54) is 11.8 Å². The second-order valence-corrected chi connectivity index (χ2v) is 5.11. The molecule has 0 spiro atoms. The van der Waals surface area contributed by atoms with Crippen molar-refractivity contribution in [1.82, 2.24) is 20.2 Å². The van der Waals surface area contributed by atoms with Gasteiger partial charge in [-0.05, 0) is 28.6 Å². The number of hydrogen-bond donors (Lipinski definition) is 1. The van der Waals surface area contributed by atoms with E-state index in [9.17, 15) is 4.79 Å². The monoisotopic (exact) mass is 330 g/mol. The van der Waals surface area contributed by atoms with E-state index in [-0.39, 0.29) is 13.0 Å². The molecular weight excluding hydrogens is 319 g/mol. The van der Waals surface area contributed by atoms with Crippen molar-refractivity contribution in [1.29, 1.82) is 0 Å². The van der Waals surface area contributed by atoms with Crippen molar-refractivity contribution in [3.05, 3.63) is 28.2 Å². The van der Waals surface area contributed by atoms with Crippen LogP contribution in [0.1, 0.15) is 6.42 Å². The van der Waals surface area contributed by atoms with Gasteiger partial charge in [-0.1, -0.05) is 23.2 Å². The molecule has 1 N–H and O–H groups in total. The predicted octanol–water partition coefficient (Wildman–Crippen LogP) is 2.14. The van der Waals surface area contributed by atoms with Gasteiger partial charge in [-0.15, -0.1) is 5.10 Å². The van der Waals surface area contributed by atoms with Gasteiger partial charge in [0, 0.05) is 17.7 Å². The van der Waals surface area contributed by atoms with Gasteiger partial charge in [0.05, 0.1) is 24.1 Å². The first-order valence-corrected chi connectivity index (χ1v) is 6.73. The van der Waals surface area contributed by atoms with Crippen LogP contribution >= 0.6 is 23.2 Å². The lowest BCUT2D eigenvalue weighted by Gasteiger charge is -2.14. The Morgan fingerprint density at radius 3 is 2.86 bits per heavy atom. The van der Waals surface area contributed by atoms with Crippen LogP contribution in [0.5, 0.6) is 0 Å². The second kappa shape index (κ2) is 6.84. The normalized spacial score (nSPS) is 12.3. The van der Waals surface area contributed by atoms with Gasteiger partial charge in [0.2, 0.25) is 0 Å². The van der Waals surface area contributed by atoms with Crippen LogP contribution in [-0.4, -0.2) is 44.5 Å². The Hall–Kier alpha value is -1.70. The smallest absolute Gasteiger partial charge is 0.306 e. The minimum atomic E-state index is -0.957. The van der Waals surface area contributed by atoms with Crippen LogP contribution in [0.4, 0.5) is 0 Å². The molecule has 1 aromatic heterocycles. The number of carboxylic acids is 1. The highest BCUT2D eigenvalue weighted by molar-refractivity contribution is 6.36. The molecule has 0 aliphatic rings. The number of rotatable bonds is 6. The predicted molar refractivity (Wildman–Crippen MR) is 76.3 cm³/mol. The molecule has 7 nitrogen and oxygen atoms in total. The van der Waals surface area contributed by atoms with Crippen LogP contribution < -0.4 is 0 Å². The van der Waals surface area contributed by atoms with E-state index in [0.717, 1.165) is 0 Å². The van der Waals surface area contributed by atoms with E-state index in [0.29, 0.717) is 21.4 Å². The van der Waals surface area contributed by atoms with Gasteiger partial charge in [0.25, 0.3) is 0 Å². The van der Waals surface area contributed by atoms with Gasteiger partial charge < -0.3 is 9.84 Å². The summed E-state index contributed by atoms with van der Waals surface area (Å²) in [5.74, 6) is -0.537. The quantitative estimate of drug-likeness (QED) is 0.872. The number of carboxylic acid groups (broad SMARTS) is 1. The molecule has 0 bridgehead atoms. The second-order valence-electron chi connectivity index (χ2n) is 4.26. The van der Waals surface area contributed by atoms with Crippen LogP contribution in [0.25, 0.3) is 11.4 Å². The fourth-order valence-corrected chi connectivity index (χ4v) is 2.29. The highest BCUT2D eigenvalue weighted by Crippen LogP contribution is 2.28. The molecule has 1 aromatic carbocycles. The molecular formula is C12H12Cl2N4O3. The molecule has 2 rings (SSSR count). The maximum absolute atomic E-state index is 10.8. The number of nitrogens with zero attached hydrogens (tertiary/aromatic N) is 4. The molecule has 0 aliphatic heterocycles. The molecule has 0 radical (unpaired) electrons. The van der Waals surface area contributed by atoms with Crippen LogP contribution in [0.15, 0.2) is 18.2 Å². The molecule has 1 atom stereocenters. The highest BCUT2D eigenvalue weighted by Gasteiger charge is 2.18. The molecule has 0 amide bonds. The summed E-state index contributed by atoms with van der Waals surface area (Å²) in [5.41, 5.74) is 0.608. The Bertz CT molecular complexity index is 647. The number of carbonyl (C=O) groups is 1. The van der Waals surface area contributed by atoms with E-state index in [1.807, 2.05) is 0 Å². The Balaban J connectivity index is 2.27. The van der Waals surface area contributed by atoms with Crippen LogP contribution in [-0.2, 0) is 16.1 Å². The zero-order valence-corrected chi connectivity index (χ0v) is 12.5. The standard InChI is InChI=1S/C12H12Cl2N4O3/c1-21-8(5-11(19)20)6-18-12(15-16-17-18)9-3-2-7(13)4-10(9)14/h2-4,8H,5-6H2,1H3,(H,19,20). The van der Waals surface area contributed by atoms with Crippen molar-refractivity contribution in [2.24, 2.45) is 0 Å². The van der Waals surface area contributed by atoms with Gasteiger partial charge in [0.15, 0.2) is 5.82 Å². The lowest BCUT2D eigenvalue weighted by atomic mass is 10.2. The van der Waals surface area contributed by atoms with Crippen molar-refractivity contribution in [2.75, 3.05) is 7.11 Å². The molecule has 9 heteroatoms. The van der Waals surface area contributed by atoms with Crippen LogP contribution in [0, 0.1) is 0 Å².